The molecule has 0 radical (unpaired) electrons. The van der Waals surface area contributed by atoms with Gasteiger partial charge in [0.15, 0.2) is 0 Å². The molecule has 0 heterocycles. The fourth-order valence-electron chi connectivity index (χ4n) is 1.69. The lowest BCUT2D eigenvalue weighted by molar-refractivity contribution is -0.384. The number of carbonyl (C=O) groups excluding carboxylic acids is 1. The van der Waals surface area contributed by atoms with Crippen LogP contribution in [0, 0.1) is 10.1 Å². The minimum atomic E-state index is -0.474. The van der Waals surface area contributed by atoms with Crippen LogP contribution in [0.4, 0.5) is 5.69 Å². The van der Waals surface area contributed by atoms with Crippen molar-refractivity contribution in [3.8, 4) is 0 Å². The molecule has 0 aliphatic rings. The van der Waals surface area contributed by atoms with E-state index in [0.29, 0.717) is 21.9 Å². The van der Waals surface area contributed by atoms with Crippen molar-refractivity contribution in [3.05, 3.63) is 74.8 Å². The molecular formula is C15H12ClN3O3. The van der Waals surface area contributed by atoms with E-state index in [4.69, 9.17) is 11.6 Å². The molecule has 112 valence electrons. The number of halogens is 1. The van der Waals surface area contributed by atoms with Crippen LogP contribution in [0.3, 0.4) is 0 Å². The van der Waals surface area contributed by atoms with Gasteiger partial charge in [-0.25, -0.2) is 5.43 Å². The van der Waals surface area contributed by atoms with E-state index in [0.717, 1.165) is 0 Å². The summed E-state index contributed by atoms with van der Waals surface area (Å²) < 4.78 is 0. The van der Waals surface area contributed by atoms with Gasteiger partial charge in [0.2, 0.25) is 0 Å². The number of hydrogen-bond donors (Lipinski definition) is 1. The van der Waals surface area contributed by atoms with Gasteiger partial charge in [-0.2, -0.15) is 5.10 Å². The number of nitrogens with zero attached hydrogens (tertiary/aromatic N) is 2. The number of amides is 1. The molecule has 0 atom stereocenters. The Morgan fingerprint density at radius 2 is 1.64 bits per heavy atom. The Morgan fingerprint density at radius 3 is 2.18 bits per heavy atom. The summed E-state index contributed by atoms with van der Waals surface area (Å²) in [6.45, 7) is 1.70. The number of hydrogen-bond acceptors (Lipinski definition) is 4. The second kappa shape index (κ2) is 6.82. The van der Waals surface area contributed by atoms with Crippen LogP contribution in [0.5, 0.6) is 0 Å². The lowest BCUT2D eigenvalue weighted by Gasteiger charge is -2.03. The van der Waals surface area contributed by atoms with E-state index in [1.165, 1.54) is 12.1 Å². The zero-order chi connectivity index (χ0) is 16.1. The molecule has 0 aromatic heterocycles. The van der Waals surface area contributed by atoms with Crippen LogP contribution in [0.1, 0.15) is 22.8 Å². The third-order valence-corrected chi connectivity index (χ3v) is 3.18. The van der Waals surface area contributed by atoms with Crippen LogP contribution in [-0.2, 0) is 0 Å². The summed E-state index contributed by atoms with van der Waals surface area (Å²) in [5, 5.41) is 15.1. The highest BCUT2D eigenvalue weighted by Gasteiger charge is 2.07. The molecule has 0 aliphatic heterocycles. The maximum atomic E-state index is 11.9. The summed E-state index contributed by atoms with van der Waals surface area (Å²) in [6.07, 6.45) is 0. The van der Waals surface area contributed by atoms with E-state index in [1.54, 1.807) is 43.3 Å². The van der Waals surface area contributed by atoms with Gasteiger partial charge in [0.05, 0.1) is 10.6 Å². The Bertz CT molecular complexity index is 725. The van der Waals surface area contributed by atoms with Crippen LogP contribution >= 0.6 is 11.6 Å². The zero-order valence-corrected chi connectivity index (χ0v) is 12.4. The maximum Gasteiger partial charge on any atom is 0.271 e. The van der Waals surface area contributed by atoms with Crippen molar-refractivity contribution in [2.75, 3.05) is 0 Å². The first-order valence-electron chi connectivity index (χ1n) is 6.32. The highest BCUT2D eigenvalue weighted by Crippen LogP contribution is 2.12. The molecule has 0 saturated carbocycles. The minimum Gasteiger partial charge on any atom is -0.267 e. The van der Waals surface area contributed by atoms with E-state index < -0.39 is 4.92 Å². The van der Waals surface area contributed by atoms with Crippen LogP contribution in [0.25, 0.3) is 0 Å². The number of hydrazone groups is 1. The zero-order valence-electron chi connectivity index (χ0n) is 11.6. The number of non-ortho nitro benzene ring substituents is 1. The minimum absolute atomic E-state index is 0.00162. The van der Waals surface area contributed by atoms with Gasteiger partial charge in [0.25, 0.3) is 11.6 Å². The molecule has 0 spiro atoms. The Labute approximate surface area is 131 Å². The van der Waals surface area contributed by atoms with Gasteiger partial charge >= 0.3 is 0 Å². The fraction of sp³-hybridized carbons (Fsp3) is 0.0667. The Kier molecular flexibility index (Phi) is 4.85. The van der Waals surface area contributed by atoms with Crippen molar-refractivity contribution in [1.82, 2.24) is 5.43 Å². The first-order chi connectivity index (χ1) is 10.5. The maximum absolute atomic E-state index is 11.9. The molecular weight excluding hydrogens is 306 g/mol. The first kappa shape index (κ1) is 15.7. The van der Waals surface area contributed by atoms with Gasteiger partial charge in [0, 0.05) is 22.7 Å². The van der Waals surface area contributed by atoms with E-state index in [2.05, 4.69) is 10.5 Å². The number of nitro benzene ring substituents is 1. The number of nitro groups is 1. The monoisotopic (exact) mass is 317 g/mol. The van der Waals surface area contributed by atoms with Crippen molar-refractivity contribution in [1.29, 1.82) is 0 Å². The van der Waals surface area contributed by atoms with E-state index in [1.807, 2.05) is 0 Å². The summed E-state index contributed by atoms with van der Waals surface area (Å²) in [7, 11) is 0. The Balaban J connectivity index is 2.07. The predicted molar refractivity (Wildman–Crippen MR) is 84.2 cm³/mol. The van der Waals surface area contributed by atoms with Gasteiger partial charge in [0.1, 0.15) is 0 Å². The standard InChI is InChI=1S/C15H12ClN3O3/c1-10(11-4-8-14(9-5-11)19(21)22)17-18-15(20)12-2-6-13(16)7-3-12/h2-9H,1H3,(H,18,20)/b17-10+. The second-order valence-electron chi connectivity index (χ2n) is 4.45. The van der Waals surface area contributed by atoms with Crippen LogP contribution in [0.2, 0.25) is 5.02 Å². The summed E-state index contributed by atoms with van der Waals surface area (Å²) in [6, 6.07) is 12.3. The van der Waals surface area contributed by atoms with E-state index in [9.17, 15) is 14.9 Å². The van der Waals surface area contributed by atoms with Crippen LogP contribution in [-0.4, -0.2) is 16.5 Å². The smallest absolute Gasteiger partial charge is 0.267 e. The molecule has 0 fully saturated rings. The summed E-state index contributed by atoms with van der Waals surface area (Å²) in [4.78, 5) is 22.0. The SMILES string of the molecule is C/C(=N\NC(=O)c1ccc(Cl)cc1)c1ccc([N+](=O)[O-])cc1. The summed E-state index contributed by atoms with van der Waals surface area (Å²) in [5.41, 5.74) is 4.08. The number of rotatable bonds is 4. The molecule has 0 bridgehead atoms. The average Bonchev–Trinajstić information content (AvgIpc) is 2.53. The first-order valence-corrected chi connectivity index (χ1v) is 6.70. The van der Waals surface area contributed by atoms with Crippen molar-refractivity contribution >= 4 is 28.9 Å². The van der Waals surface area contributed by atoms with Gasteiger partial charge < -0.3 is 0 Å². The Hall–Kier alpha value is -2.73. The quantitative estimate of drug-likeness (QED) is 0.533. The number of carbonyl (C=O) groups is 1. The largest absolute Gasteiger partial charge is 0.271 e. The Morgan fingerprint density at radius 1 is 1.09 bits per heavy atom. The molecule has 2 aromatic rings. The van der Waals surface area contributed by atoms with Gasteiger partial charge in [-0.3, -0.25) is 14.9 Å². The average molecular weight is 318 g/mol. The van der Waals surface area contributed by atoms with Crippen molar-refractivity contribution in [2.24, 2.45) is 5.10 Å². The van der Waals surface area contributed by atoms with Crippen molar-refractivity contribution in [3.63, 3.8) is 0 Å². The van der Waals surface area contributed by atoms with Crippen molar-refractivity contribution in [2.45, 2.75) is 6.92 Å². The molecule has 1 N–H and O–H groups in total. The van der Waals surface area contributed by atoms with E-state index >= 15 is 0 Å². The molecule has 1 amide bonds. The molecule has 22 heavy (non-hydrogen) atoms. The lowest BCUT2D eigenvalue weighted by Crippen LogP contribution is -2.19. The van der Waals surface area contributed by atoms with Gasteiger partial charge in [-0.05, 0) is 48.9 Å². The summed E-state index contributed by atoms with van der Waals surface area (Å²) >= 11 is 5.75. The van der Waals surface area contributed by atoms with Crippen LogP contribution in [0.15, 0.2) is 53.6 Å². The van der Waals surface area contributed by atoms with Gasteiger partial charge in [-0.15, -0.1) is 0 Å². The normalized spacial score (nSPS) is 11.1. The van der Waals surface area contributed by atoms with Crippen molar-refractivity contribution < 1.29 is 9.72 Å². The molecule has 0 aliphatic carbocycles. The molecule has 7 heteroatoms. The van der Waals surface area contributed by atoms with Gasteiger partial charge in [-0.1, -0.05) is 11.6 Å². The second-order valence-corrected chi connectivity index (χ2v) is 4.89. The molecule has 0 saturated heterocycles. The molecule has 2 aromatic carbocycles. The van der Waals surface area contributed by atoms with E-state index in [-0.39, 0.29) is 11.6 Å². The predicted octanol–water partition coefficient (Wildman–Crippen LogP) is 3.40. The number of nitrogens with one attached hydrogen (secondary N) is 1. The van der Waals surface area contributed by atoms with Crippen LogP contribution < -0.4 is 5.43 Å². The molecule has 6 nitrogen and oxygen atoms in total. The highest BCUT2D eigenvalue weighted by atomic mass is 35.5. The fourth-order valence-corrected chi connectivity index (χ4v) is 1.82. The lowest BCUT2D eigenvalue weighted by atomic mass is 10.1. The molecule has 2 rings (SSSR count). The summed E-state index contributed by atoms with van der Waals surface area (Å²) in [5.74, 6) is -0.363. The number of benzene rings is 2. The molecule has 0 unspecified atom stereocenters. The topological polar surface area (TPSA) is 84.6 Å². The third-order valence-electron chi connectivity index (χ3n) is 2.93. The highest BCUT2D eigenvalue weighted by molar-refractivity contribution is 6.30. The third kappa shape index (κ3) is 3.89.